The Kier molecular flexibility index (Phi) is 17.7. The van der Waals surface area contributed by atoms with Crippen LogP contribution in [0.4, 0.5) is 0 Å². The Balaban J connectivity index is -0.000000375. The van der Waals surface area contributed by atoms with E-state index in [0.717, 1.165) is 0 Å². The third-order valence-corrected chi connectivity index (χ3v) is 47.1. The van der Waals surface area contributed by atoms with E-state index in [9.17, 15) is 0 Å². The van der Waals surface area contributed by atoms with Crippen molar-refractivity contribution in [3.63, 3.8) is 0 Å². The first-order chi connectivity index (χ1) is 6.79. The molecule has 19 heavy (non-hydrogen) atoms. The van der Waals surface area contributed by atoms with Crippen molar-refractivity contribution < 1.29 is 52.2 Å². The zero-order valence-electron chi connectivity index (χ0n) is 14.7. The monoisotopic (exact) mass is 558 g/mol. The van der Waals surface area contributed by atoms with E-state index in [2.05, 4.69) is 58.9 Å². The largest absolute Gasteiger partial charge is 0.412 e. The third kappa shape index (κ3) is 23.1. The van der Waals surface area contributed by atoms with Crippen LogP contribution in [0.5, 0.6) is 0 Å². The van der Waals surface area contributed by atoms with E-state index in [1.165, 1.54) is 0 Å². The molecule has 116 valence electrons. The smallest absolute Gasteiger partial charge is 0 e. The molecule has 0 heterocycles. The summed E-state index contributed by atoms with van der Waals surface area (Å²) in [6.07, 6.45) is 0. The van der Waals surface area contributed by atoms with Crippen molar-refractivity contribution >= 4 is 44.0 Å². The molecule has 2 radical (unpaired) electrons. The number of hydrogen-bond donors (Lipinski definition) is 0. The molecule has 0 aliphatic carbocycles. The summed E-state index contributed by atoms with van der Waals surface area (Å²) >= 11 is -1.04. The molecule has 2 nitrogen and oxygen atoms in total. The van der Waals surface area contributed by atoms with Crippen LogP contribution < -0.4 is 0 Å². The Morgan fingerprint density at radius 3 is 0.789 bits per heavy atom. The molecule has 0 amide bonds. The van der Waals surface area contributed by atoms with E-state index in [4.69, 9.17) is 0 Å². The third-order valence-electron chi connectivity index (χ3n) is 2.34. The van der Waals surface area contributed by atoms with Crippen molar-refractivity contribution in [2.75, 3.05) is 0 Å². The van der Waals surface area contributed by atoms with Crippen molar-refractivity contribution in [3.05, 3.63) is 0 Å². The molecule has 0 aliphatic heterocycles. The van der Waals surface area contributed by atoms with Crippen LogP contribution >= 0.6 is 0 Å². The zero-order chi connectivity index (χ0) is 13.2. The average molecular weight is 557 g/mol. The van der Waals surface area contributed by atoms with Crippen LogP contribution in [-0.4, -0.2) is 54.9 Å². The van der Waals surface area contributed by atoms with E-state index in [-0.39, 0.29) is 52.2 Å². The maximum atomic E-state index is 2.59. The molecule has 0 rings (SSSR count). The van der Waals surface area contributed by atoms with Crippen molar-refractivity contribution in [2.45, 2.75) is 71.1 Å². The standard InChI is InChI=1S/3C4H11Si.2H2O.Pr.Sn/c3*1-5(2,3)4;;;;/h3*1H2,2-4H3;2*1H2;;. The predicted octanol–water partition coefficient (Wildman–Crippen LogP) is 3.46. The van der Waals surface area contributed by atoms with Crippen LogP contribution in [0.25, 0.3) is 0 Å². The molecule has 4 N–H and O–H groups in total. The molecule has 0 unspecified atom stereocenters. The first-order valence-corrected chi connectivity index (χ1v) is 23.8. The van der Waals surface area contributed by atoms with Gasteiger partial charge in [0.2, 0.25) is 0 Å². The Bertz CT molecular complexity index is 184. The second-order valence-corrected chi connectivity index (χ2v) is 38.7. The van der Waals surface area contributed by atoms with E-state index in [1.807, 2.05) is 0 Å². The Morgan fingerprint density at radius 2 is 0.684 bits per heavy atom. The number of hydrogen-bond acceptors (Lipinski definition) is 0. The van der Waals surface area contributed by atoms with Gasteiger partial charge in [0, 0.05) is 41.3 Å². The van der Waals surface area contributed by atoms with Gasteiger partial charge >= 0.3 is 115 Å². The van der Waals surface area contributed by atoms with Crippen molar-refractivity contribution in [3.8, 4) is 0 Å². The topological polar surface area (TPSA) is 63.0 Å². The molecule has 0 bridgehead atoms. The normalized spacial score (nSPS) is 12.3. The van der Waals surface area contributed by atoms with E-state index in [0.29, 0.717) is 0 Å². The second kappa shape index (κ2) is 11.3. The summed E-state index contributed by atoms with van der Waals surface area (Å²) in [6.45, 7) is 23.3. The fourth-order valence-electron chi connectivity index (χ4n) is 2.44. The van der Waals surface area contributed by atoms with Crippen molar-refractivity contribution in [2.24, 2.45) is 0 Å². The Hall–Kier alpha value is 2.73. The van der Waals surface area contributed by atoms with Crippen LogP contribution in [-0.2, 0) is 0 Å². The van der Waals surface area contributed by atoms with Gasteiger partial charge in [0.1, 0.15) is 0 Å². The van der Waals surface area contributed by atoms with Gasteiger partial charge in [0.05, 0.1) is 0 Å². The SMILES string of the molecule is C[Si](C)(C)[CH2][Sn]([CH2][Si](C)(C)C)[CH2][Si](C)(C)C.O.O.[Pr]. The Morgan fingerprint density at radius 1 is 0.526 bits per heavy atom. The van der Waals surface area contributed by atoms with Gasteiger partial charge in [-0.2, -0.15) is 0 Å². The van der Waals surface area contributed by atoms with Gasteiger partial charge in [0.15, 0.2) is 0 Å². The van der Waals surface area contributed by atoms with E-state index >= 15 is 0 Å². The first kappa shape index (κ1) is 29.7. The van der Waals surface area contributed by atoms with E-state index in [1.54, 1.807) is 12.2 Å². The summed E-state index contributed by atoms with van der Waals surface area (Å²) in [5.41, 5.74) is 0. The molecule has 0 aliphatic rings. The molecular weight excluding hydrogens is 520 g/mol. The van der Waals surface area contributed by atoms with Gasteiger partial charge in [-0.05, 0) is 0 Å². The molecule has 0 spiro atoms. The summed E-state index contributed by atoms with van der Waals surface area (Å²) < 4.78 is 5.26. The summed E-state index contributed by atoms with van der Waals surface area (Å²) in [7, 11) is -2.36. The van der Waals surface area contributed by atoms with Crippen LogP contribution in [0, 0.1) is 41.3 Å². The summed E-state index contributed by atoms with van der Waals surface area (Å²) in [5, 5.41) is 0. The molecule has 0 saturated heterocycles. The minimum absolute atomic E-state index is 0. The van der Waals surface area contributed by atoms with Crippen molar-refractivity contribution in [1.29, 1.82) is 0 Å². The van der Waals surface area contributed by atoms with Crippen LogP contribution in [0.1, 0.15) is 0 Å². The molecule has 0 aromatic heterocycles. The van der Waals surface area contributed by atoms with Crippen LogP contribution in [0.3, 0.4) is 0 Å². The maximum Gasteiger partial charge on any atom is 0 e. The van der Waals surface area contributed by atoms with Gasteiger partial charge < -0.3 is 11.0 Å². The van der Waals surface area contributed by atoms with Gasteiger partial charge in [-0.1, -0.05) is 0 Å². The zero-order valence-corrected chi connectivity index (χ0v) is 24.3. The predicted molar refractivity (Wildman–Crippen MR) is 97.4 cm³/mol. The second-order valence-electron chi connectivity index (χ2n) is 8.96. The maximum absolute atomic E-state index is 2.59. The van der Waals surface area contributed by atoms with Crippen LogP contribution in [0.15, 0.2) is 0 Å². The molecule has 0 saturated carbocycles. The summed E-state index contributed by atoms with van der Waals surface area (Å²) in [6, 6.07) is 0. The van der Waals surface area contributed by atoms with Gasteiger partial charge in [-0.25, -0.2) is 0 Å². The van der Waals surface area contributed by atoms with Crippen LogP contribution in [0.2, 0.25) is 71.1 Å². The number of rotatable bonds is 6. The van der Waals surface area contributed by atoms with Gasteiger partial charge in [0.25, 0.3) is 0 Å². The van der Waals surface area contributed by atoms with Crippen molar-refractivity contribution in [1.82, 2.24) is 0 Å². The fourth-order valence-corrected chi connectivity index (χ4v) is 56.6. The molecule has 7 heteroatoms. The first-order valence-electron chi connectivity index (χ1n) is 6.62. The molecule has 0 aromatic rings. The summed E-state index contributed by atoms with van der Waals surface area (Å²) in [4.78, 5) is 0. The summed E-state index contributed by atoms with van der Waals surface area (Å²) in [5.74, 6) is 0. The quantitative estimate of drug-likeness (QED) is 0.450. The Labute approximate surface area is 165 Å². The fraction of sp³-hybridized carbons (Fsp3) is 1.00. The molecular formula is C12H37O2PrSi3Sn. The average Bonchev–Trinajstić information content (AvgIpc) is 1.70. The minimum atomic E-state index is -1.04. The minimum Gasteiger partial charge on any atom is -0.412 e. The molecule has 0 aromatic carbocycles. The van der Waals surface area contributed by atoms with Gasteiger partial charge in [-0.15, -0.1) is 0 Å². The van der Waals surface area contributed by atoms with Gasteiger partial charge in [-0.3, -0.25) is 0 Å². The molecule has 0 fully saturated rings. The van der Waals surface area contributed by atoms with E-state index < -0.39 is 44.0 Å². The molecule has 0 atom stereocenters.